The summed E-state index contributed by atoms with van der Waals surface area (Å²) in [5.41, 5.74) is 0.359. The fourth-order valence-electron chi connectivity index (χ4n) is 3.47. The van der Waals surface area contributed by atoms with Crippen molar-refractivity contribution < 1.29 is 19.4 Å². The van der Waals surface area contributed by atoms with E-state index in [1.165, 1.54) is 9.80 Å². The Morgan fingerprint density at radius 2 is 1.86 bits per heavy atom. The number of nitrogens with one attached hydrogen (secondary N) is 4. The van der Waals surface area contributed by atoms with Crippen LogP contribution in [0.25, 0.3) is 0 Å². The summed E-state index contributed by atoms with van der Waals surface area (Å²) in [7, 11) is 0. The van der Waals surface area contributed by atoms with E-state index in [9.17, 15) is 9.59 Å². The number of hydrogen-bond acceptors (Lipinski definition) is 2. The van der Waals surface area contributed by atoms with Crippen LogP contribution in [0.4, 0.5) is 5.69 Å². The maximum Gasteiger partial charge on any atom is 0.282 e. The summed E-state index contributed by atoms with van der Waals surface area (Å²) in [6.45, 7) is 11.9. The molecule has 1 saturated heterocycles. The van der Waals surface area contributed by atoms with Gasteiger partial charge in [-0.25, -0.2) is 0 Å². The zero-order valence-corrected chi connectivity index (χ0v) is 18.6. The van der Waals surface area contributed by atoms with Gasteiger partial charge in [0, 0.05) is 17.0 Å². The van der Waals surface area contributed by atoms with E-state index in [0.717, 1.165) is 32.6 Å². The first kappa shape index (κ1) is 22.9. The Balaban J connectivity index is 1.88. The van der Waals surface area contributed by atoms with Gasteiger partial charge in [0.1, 0.15) is 13.1 Å². The zero-order chi connectivity index (χ0) is 20.9. The van der Waals surface area contributed by atoms with Gasteiger partial charge in [-0.2, -0.15) is 0 Å². The number of carbonyl (C=O) groups excluding carboxylic acids is 2. The van der Waals surface area contributed by atoms with Gasteiger partial charge in [0.2, 0.25) is 0 Å². The molecule has 0 aliphatic carbocycles. The first-order chi connectivity index (χ1) is 13.0. The second-order valence-electron chi connectivity index (χ2n) is 8.57. The summed E-state index contributed by atoms with van der Waals surface area (Å²) >= 11 is 12.1. The minimum absolute atomic E-state index is 0.0619. The van der Waals surface area contributed by atoms with Gasteiger partial charge in [-0.3, -0.25) is 9.59 Å². The molecule has 0 aromatic heterocycles. The standard InChI is InChI=1S/C20H30Cl2N4O2/c1-14(19(28)23-17-7-6-15(21)12-16(17)22)26-9-5-8-25(10-11-26)13-18(27)24-20(2,3)4/h6-7,12,14H,5,8-11,13H2,1-4H3,(H,23,28)(H,24,27)/p+2/t14-/m0/s1. The Morgan fingerprint density at radius 1 is 1.14 bits per heavy atom. The topological polar surface area (TPSA) is 67.1 Å². The highest BCUT2D eigenvalue weighted by atomic mass is 35.5. The Morgan fingerprint density at radius 3 is 2.50 bits per heavy atom. The Kier molecular flexibility index (Phi) is 8.13. The molecule has 0 saturated carbocycles. The van der Waals surface area contributed by atoms with E-state index < -0.39 is 0 Å². The molecule has 6 nitrogen and oxygen atoms in total. The summed E-state index contributed by atoms with van der Waals surface area (Å²) in [4.78, 5) is 27.4. The molecule has 1 aliphatic rings. The van der Waals surface area contributed by atoms with Crippen molar-refractivity contribution in [2.75, 3.05) is 38.0 Å². The second-order valence-corrected chi connectivity index (χ2v) is 9.42. The first-order valence-electron chi connectivity index (χ1n) is 9.80. The van der Waals surface area contributed by atoms with Crippen LogP contribution in [0.5, 0.6) is 0 Å². The second kappa shape index (κ2) is 9.92. The van der Waals surface area contributed by atoms with Crippen LogP contribution in [-0.2, 0) is 9.59 Å². The number of rotatable bonds is 5. The van der Waals surface area contributed by atoms with Crippen molar-refractivity contribution in [1.29, 1.82) is 0 Å². The van der Waals surface area contributed by atoms with Crippen LogP contribution < -0.4 is 20.4 Å². The number of amides is 2. The Hall–Kier alpha value is -1.34. The maximum absolute atomic E-state index is 12.7. The van der Waals surface area contributed by atoms with Crippen LogP contribution in [-0.4, -0.2) is 56.1 Å². The predicted octanol–water partition coefficient (Wildman–Crippen LogP) is 0.409. The van der Waals surface area contributed by atoms with Crippen molar-refractivity contribution in [3.8, 4) is 0 Å². The lowest BCUT2D eigenvalue weighted by atomic mass is 10.1. The molecule has 1 aromatic rings. The molecule has 28 heavy (non-hydrogen) atoms. The van der Waals surface area contributed by atoms with Crippen molar-refractivity contribution in [2.24, 2.45) is 0 Å². The van der Waals surface area contributed by atoms with Crippen LogP contribution in [0.1, 0.15) is 34.1 Å². The van der Waals surface area contributed by atoms with Crippen LogP contribution in [0.15, 0.2) is 18.2 Å². The summed E-state index contributed by atoms with van der Waals surface area (Å²) < 4.78 is 0. The van der Waals surface area contributed by atoms with E-state index in [-0.39, 0.29) is 23.4 Å². The summed E-state index contributed by atoms with van der Waals surface area (Å²) in [5.74, 6) is 0.0160. The molecular formula is C20H32Cl2N4O2+2. The quantitative estimate of drug-likeness (QED) is 0.546. The smallest absolute Gasteiger partial charge is 0.282 e. The van der Waals surface area contributed by atoms with Crippen LogP contribution in [0, 0.1) is 0 Å². The van der Waals surface area contributed by atoms with E-state index in [1.54, 1.807) is 18.2 Å². The number of halogens is 2. The van der Waals surface area contributed by atoms with E-state index >= 15 is 0 Å². The molecule has 2 unspecified atom stereocenters. The predicted molar refractivity (Wildman–Crippen MR) is 113 cm³/mol. The number of anilines is 1. The third-order valence-corrected chi connectivity index (χ3v) is 5.50. The van der Waals surface area contributed by atoms with E-state index in [4.69, 9.17) is 23.2 Å². The summed E-state index contributed by atoms with van der Waals surface area (Å²) in [6.07, 6.45) is 0.979. The molecule has 1 aliphatic heterocycles. The van der Waals surface area contributed by atoms with Crippen molar-refractivity contribution in [2.45, 2.75) is 45.7 Å². The fourth-order valence-corrected chi connectivity index (χ4v) is 3.93. The maximum atomic E-state index is 12.7. The highest BCUT2D eigenvalue weighted by Gasteiger charge is 2.30. The average Bonchev–Trinajstić information content (AvgIpc) is 2.80. The van der Waals surface area contributed by atoms with Gasteiger partial charge in [0.05, 0.1) is 23.8 Å². The summed E-state index contributed by atoms with van der Waals surface area (Å²) in [6, 6.07) is 4.84. The molecule has 0 spiro atoms. The molecule has 4 N–H and O–H groups in total. The van der Waals surface area contributed by atoms with Crippen molar-refractivity contribution in [3.63, 3.8) is 0 Å². The lowest BCUT2D eigenvalue weighted by molar-refractivity contribution is -0.942. The molecule has 0 radical (unpaired) electrons. The van der Waals surface area contributed by atoms with Crippen molar-refractivity contribution in [1.82, 2.24) is 5.32 Å². The van der Waals surface area contributed by atoms with Gasteiger partial charge in [0.25, 0.3) is 11.8 Å². The first-order valence-corrected chi connectivity index (χ1v) is 10.6. The van der Waals surface area contributed by atoms with Gasteiger partial charge in [0.15, 0.2) is 12.6 Å². The molecule has 156 valence electrons. The highest BCUT2D eigenvalue weighted by Crippen LogP contribution is 2.25. The minimum Gasteiger partial charge on any atom is -0.347 e. The molecule has 8 heteroatoms. The third-order valence-electron chi connectivity index (χ3n) is 4.95. The largest absolute Gasteiger partial charge is 0.347 e. The molecule has 1 aromatic carbocycles. The molecule has 2 rings (SSSR count). The van der Waals surface area contributed by atoms with E-state index in [2.05, 4.69) is 10.6 Å². The van der Waals surface area contributed by atoms with Crippen molar-refractivity contribution in [3.05, 3.63) is 28.2 Å². The number of hydrogen-bond donors (Lipinski definition) is 4. The lowest BCUT2D eigenvalue weighted by Crippen LogP contribution is -3.20. The third kappa shape index (κ3) is 7.24. The van der Waals surface area contributed by atoms with Crippen LogP contribution in [0.3, 0.4) is 0 Å². The van der Waals surface area contributed by atoms with Gasteiger partial charge in [-0.15, -0.1) is 0 Å². The molecule has 1 fully saturated rings. The summed E-state index contributed by atoms with van der Waals surface area (Å²) in [5, 5.41) is 6.89. The van der Waals surface area contributed by atoms with Crippen LogP contribution >= 0.6 is 23.2 Å². The molecular weight excluding hydrogens is 399 g/mol. The lowest BCUT2D eigenvalue weighted by Gasteiger charge is -2.24. The van der Waals surface area contributed by atoms with E-state index in [1.807, 2.05) is 27.7 Å². The van der Waals surface area contributed by atoms with E-state index in [0.29, 0.717) is 22.3 Å². The number of carbonyl (C=O) groups is 2. The SMILES string of the molecule is C[C@@H](C(=O)Nc1ccc(Cl)cc1Cl)[NH+]1CCC[NH+](CC(=O)NC(C)(C)C)CC1. The molecule has 0 bridgehead atoms. The average molecular weight is 431 g/mol. The normalized spacial score (nSPS) is 21.5. The molecule has 2 amide bonds. The highest BCUT2D eigenvalue weighted by molar-refractivity contribution is 6.36. The van der Waals surface area contributed by atoms with Gasteiger partial charge in [-0.05, 0) is 45.9 Å². The minimum atomic E-state index is -0.213. The number of quaternary nitrogens is 2. The zero-order valence-electron chi connectivity index (χ0n) is 17.1. The molecule has 3 atom stereocenters. The van der Waals surface area contributed by atoms with Crippen LogP contribution in [0.2, 0.25) is 10.0 Å². The molecule has 1 heterocycles. The van der Waals surface area contributed by atoms with Gasteiger partial charge < -0.3 is 20.4 Å². The fraction of sp³-hybridized carbons (Fsp3) is 0.600. The Labute approximate surface area is 177 Å². The van der Waals surface area contributed by atoms with Crippen molar-refractivity contribution >= 4 is 40.7 Å². The van der Waals surface area contributed by atoms with Gasteiger partial charge in [-0.1, -0.05) is 23.2 Å². The Bertz CT molecular complexity index is 706. The monoisotopic (exact) mass is 430 g/mol. The van der Waals surface area contributed by atoms with Gasteiger partial charge >= 0.3 is 0 Å². The number of benzene rings is 1.